The molecule has 0 aliphatic rings. The zero-order valence-corrected chi connectivity index (χ0v) is 15.0. The van der Waals surface area contributed by atoms with Crippen molar-refractivity contribution in [2.75, 3.05) is 6.54 Å². The number of hydrogen-bond donors (Lipinski definition) is 2. The maximum atomic E-state index is 11.9. The van der Waals surface area contributed by atoms with Gasteiger partial charge in [-0.15, -0.1) is 0 Å². The highest BCUT2D eigenvalue weighted by atomic mass is 79.9. The molecular formula is C17H25BrN2O3. The lowest BCUT2D eigenvalue weighted by atomic mass is 10.1. The second-order valence-electron chi connectivity index (χ2n) is 5.62. The number of aromatic nitrogens is 1. The van der Waals surface area contributed by atoms with Crippen LogP contribution in [-0.2, 0) is 4.79 Å². The molecule has 0 aliphatic heterocycles. The van der Waals surface area contributed by atoms with Crippen LogP contribution in [0, 0.1) is 0 Å². The van der Waals surface area contributed by atoms with Gasteiger partial charge in [-0.2, -0.15) is 0 Å². The molecule has 5 nitrogen and oxygen atoms in total. The molecule has 0 saturated carbocycles. The fourth-order valence-corrected chi connectivity index (χ4v) is 2.67. The van der Waals surface area contributed by atoms with Gasteiger partial charge in [0.25, 0.3) is 5.91 Å². The molecule has 23 heavy (non-hydrogen) atoms. The number of carboxylic acids is 1. The van der Waals surface area contributed by atoms with Gasteiger partial charge in [0.15, 0.2) is 0 Å². The summed E-state index contributed by atoms with van der Waals surface area (Å²) in [6.07, 6.45) is 12.0. The lowest BCUT2D eigenvalue weighted by molar-refractivity contribution is -0.137. The third kappa shape index (κ3) is 10.0. The van der Waals surface area contributed by atoms with Crippen LogP contribution >= 0.6 is 15.9 Å². The van der Waals surface area contributed by atoms with Crippen LogP contribution in [0.15, 0.2) is 22.9 Å². The van der Waals surface area contributed by atoms with E-state index in [1.54, 1.807) is 18.5 Å². The fraction of sp³-hybridized carbons (Fsp3) is 0.588. The molecule has 0 bridgehead atoms. The summed E-state index contributed by atoms with van der Waals surface area (Å²) in [4.78, 5) is 26.2. The van der Waals surface area contributed by atoms with Crippen LogP contribution in [0.1, 0.15) is 68.1 Å². The van der Waals surface area contributed by atoms with Crippen LogP contribution in [0.5, 0.6) is 0 Å². The third-order valence-electron chi connectivity index (χ3n) is 3.57. The quantitative estimate of drug-likeness (QED) is 0.530. The van der Waals surface area contributed by atoms with E-state index in [2.05, 4.69) is 26.2 Å². The first-order chi connectivity index (χ1) is 11.1. The summed E-state index contributed by atoms with van der Waals surface area (Å²) in [5.41, 5.74) is 0.570. The third-order valence-corrected chi connectivity index (χ3v) is 4.00. The van der Waals surface area contributed by atoms with Crippen LogP contribution in [-0.4, -0.2) is 28.5 Å². The average Bonchev–Trinajstić information content (AvgIpc) is 2.52. The minimum Gasteiger partial charge on any atom is -0.481 e. The normalized spacial score (nSPS) is 10.5. The van der Waals surface area contributed by atoms with Crippen molar-refractivity contribution >= 4 is 27.8 Å². The molecule has 6 heteroatoms. The Morgan fingerprint density at radius 1 is 1.00 bits per heavy atom. The van der Waals surface area contributed by atoms with E-state index >= 15 is 0 Å². The van der Waals surface area contributed by atoms with Gasteiger partial charge in [0.05, 0.1) is 5.56 Å². The molecule has 0 aliphatic carbocycles. The van der Waals surface area contributed by atoms with E-state index in [4.69, 9.17) is 5.11 Å². The number of halogens is 1. The van der Waals surface area contributed by atoms with Crippen molar-refractivity contribution in [2.45, 2.75) is 57.8 Å². The zero-order valence-electron chi connectivity index (χ0n) is 13.4. The number of carbonyl (C=O) groups excluding carboxylic acids is 1. The maximum absolute atomic E-state index is 11.9. The molecule has 0 atom stereocenters. The standard InChI is InChI=1S/C17H25BrN2O3/c18-15-11-14(12-19-13-15)17(23)20-10-8-6-4-2-1-3-5-7-9-16(21)22/h11-13H,1-10H2,(H,20,23)(H,21,22). The van der Waals surface area contributed by atoms with Crippen molar-refractivity contribution in [3.8, 4) is 0 Å². The van der Waals surface area contributed by atoms with Gasteiger partial charge in [-0.1, -0.05) is 38.5 Å². The lowest BCUT2D eigenvalue weighted by Gasteiger charge is -2.05. The molecule has 1 rings (SSSR count). The Morgan fingerprint density at radius 2 is 1.61 bits per heavy atom. The topological polar surface area (TPSA) is 79.3 Å². The molecule has 0 saturated heterocycles. The molecule has 0 radical (unpaired) electrons. The molecule has 0 unspecified atom stereocenters. The molecule has 2 N–H and O–H groups in total. The largest absolute Gasteiger partial charge is 0.481 e. The molecule has 1 amide bonds. The predicted molar refractivity (Wildman–Crippen MR) is 93.5 cm³/mol. The Kier molecular flexibility index (Phi) is 10.3. The van der Waals surface area contributed by atoms with E-state index in [1.807, 2.05) is 0 Å². The first kappa shape index (κ1) is 19.6. The molecule has 128 valence electrons. The van der Waals surface area contributed by atoms with Gasteiger partial charge >= 0.3 is 5.97 Å². The Balaban J connectivity index is 1.93. The number of hydrogen-bond acceptors (Lipinski definition) is 3. The Hall–Kier alpha value is -1.43. The second kappa shape index (κ2) is 12.0. The molecule has 1 aromatic rings. The zero-order chi connectivity index (χ0) is 16.9. The summed E-state index contributed by atoms with van der Waals surface area (Å²) in [7, 11) is 0. The fourth-order valence-electron chi connectivity index (χ4n) is 2.30. The minimum absolute atomic E-state index is 0.0859. The molecule has 1 aromatic heterocycles. The highest BCUT2D eigenvalue weighted by Gasteiger charge is 2.05. The molecule has 0 aromatic carbocycles. The Bertz CT molecular complexity index is 494. The monoisotopic (exact) mass is 384 g/mol. The first-order valence-corrected chi connectivity index (χ1v) is 8.99. The van der Waals surface area contributed by atoms with Gasteiger partial charge in [0.2, 0.25) is 0 Å². The summed E-state index contributed by atoms with van der Waals surface area (Å²) < 4.78 is 0.800. The number of amides is 1. The van der Waals surface area contributed by atoms with Crippen molar-refractivity contribution in [1.82, 2.24) is 10.3 Å². The van der Waals surface area contributed by atoms with Gasteiger partial charge in [-0.25, -0.2) is 0 Å². The summed E-state index contributed by atoms with van der Waals surface area (Å²) in [6, 6.07) is 1.76. The highest BCUT2D eigenvalue weighted by molar-refractivity contribution is 9.10. The first-order valence-electron chi connectivity index (χ1n) is 8.20. The van der Waals surface area contributed by atoms with Crippen LogP contribution in [0.3, 0.4) is 0 Å². The SMILES string of the molecule is O=C(O)CCCCCCCCCCNC(=O)c1cncc(Br)c1. The van der Waals surface area contributed by atoms with E-state index in [0.717, 1.165) is 49.4 Å². The van der Waals surface area contributed by atoms with E-state index in [1.165, 1.54) is 6.42 Å². The van der Waals surface area contributed by atoms with E-state index in [-0.39, 0.29) is 12.3 Å². The highest BCUT2D eigenvalue weighted by Crippen LogP contribution is 2.10. The summed E-state index contributed by atoms with van der Waals surface area (Å²) >= 11 is 3.30. The Labute approximate surface area is 146 Å². The average molecular weight is 385 g/mol. The van der Waals surface area contributed by atoms with E-state index in [9.17, 15) is 9.59 Å². The van der Waals surface area contributed by atoms with Crippen LogP contribution in [0.25, 0.3) is 0 Å². The molecular weight excluding hydrogens is 360 g/mol. The van der Waals surface area contributed by atoms with Crippen molar-refractivity contribution in [2.24, 2.45) is 0 Å². The number of nitrogens with zero attached hydrogens (tertiary/aromatic N) is 1. The van der Waals surface area contributed by atoms with Crippen molar-refractivity contribution in [3.63, 3.8) is 0 Å². The van der Waals surface area contributed by atoms with E-state index in [0.29, 0.717) is 12.1 Å². The molecule has 0 spiro atoms. The van der Waals surface area contributed by atoms with Crippen LogP contribution in [0.4, 0.5) is 0 Å². The van der Waals surface area contributed by atoms with E-state index < -0.39 is 5.97 Å². The number of carbonyl (C=O) groups is 2. The number of rotatable bonds is 12. The molecule has 1 heterocycles. The number of unbranched alkanes of at least 4 members (excludes halogenated alkanes) is 7. The van der Waals surface area contributed by atoms with Gasteiger partial charge in [0.1, 0.15) is 0 Å². The van der Waals surface area contributed by atoms with Gasteiger partial charge in [0, 0.05) is 29.8 Å². The van der Waals surface area contributed by atoms with Crippen LogP contribution in [0.2, 0.25) is 0 Å². The van der Waals surface area contributed by atoms with Gasteiger partial charge in [-0.3, -0.25) is 14.6 Å². The number of carboxylic acid groups (broad SMARTS) is 1. The van der Waals surface area contributed by atoms with Crippen LogP contribution < -0.4 is 5.32 Å². The molecule has 0 fully saturated rings. The summed E-state index contributed by atoms with van der Waals surface area (Å²) in [6.45, 7) is 0.684. The Morgan fingerprint density at radius 3 is 2.22 bits per heavy atom. The lowest BCUT2D eigenvalue weighted by Crippen LogP contribution is -2.24. The number of nitrogens with one attached hydrogen (secondary N) is 1. The summed E-state index contributed by atoms with van der Waals surface area (Å²) in [5.74, 6) is -0.789. The number of aliphatic carboxylic acids is 1. The van der Waals surface area contributed by atoms with Gasteiger partial charge in [-0.05, 0) is 34.8 Å². The summed E-state index contributed by atoms with van der Waals surface area (Å²) in [5, 5.41) is 11.4. The second-order valence-corrected chi connectivity index (χ2v) is 6.54. The van der Waals surface area contributed by atoms with Crippen molar-refractivity contribution in [1.29, 1.82) is 0 Å². The van der Waals surface area contributed by atoms with Gasteiger partial charge < -0.3 is 10.4 Å². The smallest absolute Gasteiger partial charge is 0.303 e. The minimum atomic E-state index is -0.703. The number of pyridine rings is 1. The maximum Gasteiger partial charge on any atom is 0.303 e. The van der Waals surface area contributed by atoms with Crippen molar-refractivity contribution in [3.05, 3.63) is 28.5 Å². The predicted octanol–water partition coefficient (Wildman–Crippen LogP) is 4.17. The van der Waals surface area contributed by atoms with Crippen molar-refractivity contribution < 1.29 is 14.7 Å².